The molecule has 0 bridgehead atoms. The van der Waals surface area contributed by atoms with Crippen LogP contribution >= 0.6 is 0 Å². The zero-order valence-corrected chi connectivity index (χ0v) is 11.3. The van der Waals surface area contributed by atoms with Crippen LogP contribution in [0.5, 0.6) is 0 Å². The summed E-state index contributed by atoms with van der Waals surface area (Å²) >= 11 is 0. The SMILES string of the molecule is CCC(NC)c1ccc(C(C)(C)CC)cc1. The average molecular weight is 219 g/mol. The fourth-order valence-electron chi connectivity index (χ4n) is 1.98. The van der Waals surface area contributed by atoms with Crippen molar-refractivity contribution >= 4 is 0 Å². The second kappa shape index (κ2) is 5.49. The molecule has 1 unspecified atom stereocenters. The molecule has 0 saturated heterocycles. The largest absolute Gasteiger partial charge is 0.313 e. The van der Waals surface area contributed by atoms with Crippen molar-refractivity contribution in [3.05, 3.63) is 35.4 Å². The third kappa shape index (κ3) is 2.85. The average Bonchev–Trinajstić information content (AvgIpc) is 2.31. The van der Waals surface area contributed by atoms with Gasteiger partial charge < -0.3 is 5.32 Å². The predicted octanol–water partition coefficient (Wildman–Crippen LogP) is 4.04. The Hall–Kier alpha value is -0.820. The van der Waals surface area contributed by atoms with Crippen LogP contribution in [0.2, 0.25) is 0 Å². The molecule has 90 valence electrons. The van der Waals surface area contributed by atoms with E-state index in [1.165, 1.54) is 17.5 Å². The highest BCUT2D eigenvalue weighted by atomic mass is 14.9. The summed E-state index contributed by atoms with van der Waals surface area (Å²) in [6.07, 6.45) is 2.31. The first-order valence-corrected chi connectivity index (χ1v) is 6.32. The van der Waals surface area contributed by atoms with Crippen molar-refractivity contribution in [2.45, 2.75) is 52.0 Å². The minimum absolute atomic E-state index is 0.292. The van der Waals surface area contributed by atoms with Crippen molar-refractivity contribution in [1.29, 1.82) is 0 Å². The summed E-state index contributed by atoms with van der Waals surface area (Å²) in [4.78, 5) is 0. The van der Waals surface area contributed by atoms with E-state index in [9.17, 15) is 0 Å². The monoisotopic (exact) mass is 219 g/mol. The van der Waals surface area contributed by atoms with Gasteiger partial charge in [-0.3, -0.25) is 0 Å². The third-order valence-corrected chi connectivity index (χ3v) is 3.74. The van der Waals surface area contributed by atoms with Gasteiger partial charge in [0, 0.05) is 6.04 Å². The standard InChI is InChI=1S/C15H25N/c1-6-14(16-5)12-8-10-13(11-9-12)15(3,4)7-2/h8-11,14,16H,6-7H2,1-5H3. The van der Waals surface area contributed by atoms with E-state index in [2.05, 4.69) is 57.3 Å². The number of nitrogens with one attached hydrogen (secondary N) is 1. The minimum Gasteiger partial charge on any atom is -0.313 e. The molecule has 0 amide bonds. The maximum Gasteiger partial charge on any atom is 0.0314 e. The van der Waals surface area contributed by atoms with Crippen LogP contribution in [-0.4, -0.2) is 7.05 Å². The second-order valence-corrected chi connectivity index (χ2v) is 5.11. The zero-order chi connectivity index (χ0) is 12.2. The van der Waals surface area contributed by atoms with Gasteiger partial charge in [0.25, 0.3) is 0 Å². The molecule has 1 nitrogen and oxygen atoms in total. The topological polar surface area (TPSA) is 12.0 Å². The first-order valence-electron chi connectivity index (χ1n) is 6.32. The molecule has 0 saturated carbocycles. The molecule has 0 radical (unpaired) electrons. The smallest absolute Gasteiger partial charge is 0.0314 e. The van der Waals surface area contributed by atoms with Crippen molar-refractivity contribution in [3.8, 4) is 0 Å². The molecule has 1 rings (SSSR count). The maximum absolute atomic E-state index is 3.34. The van der Waals surface area contributed by atoms with Crippen LogP contribution in [0.4, 0.5) is 0 Å². The summed E-state index contributed by atoms with van der Waals surface area (Å²) in [7, 11) is 2.03. The van der Waals surface area contributed by atoms with Crippen LogP contribution in [0, 0.1) is 0 Å². The van der Waals surface area contributed by atoms with Crippen LogP contribution in [0.1, 0.15) is 57.7 Å². The van der Waals surface area contributed by atoms with E-state index >= 15 is 0 Å². The Labute approximate surface area is 100 Å². The molecule has 0 aliphatic rings. The predicted molar refractivity (Wildman–Crippen MR) is 71.9 cm³/mol. The first-order chi connectivity index (χ1) is 7.55. The zero-order valence-electron chi connectivity index (χ0n) is 11.3. The van der Waals surface area contributed by atoms with Gasteiger partial charge in [0.15, 0.2) is 0 Å². The fourth-order valence-corrected chi connectivity index (χ4v) is 1.98. The molecule has 16 heavy (non-hydrogen) atoms. The van der Waals surface area contributed by atoms with E-state index in [1.54, 1.807) is 0 Å². The number of hydrogen-bond acceptors (Lipinski definition) is 1. The van der Waals surface area contributed by atoms with E-state index in [4.69, 9.17) is 0 Å². The Morgan fingerprint density at radius 2 is 1.69 bits per heavy atom. The Balaban J connectivity index is 2.90. The summed E-state index contributed by atoms with van der Waals surface area (Å²) in [6, 6.07) is 9.56. The van der Waals surface area contributed by atoms with Gasteiger partial charge in [-0.05, 0) is 36.4 Å². The van der Waals surface area contributed by atoms with Crippen molar-refractivity contribution in [2.24, 2.45) is 0 Å². The van der Waals surface area contributed by atoms with Gasteiger partial charge in [-0.25, -0.2) is 0 Å². The molecule has 0 spiro atoms. The van der Waals surface area contributed by atoms with Crippen molar-refractivity contribution in [1.82, 2.24) is 5.32 Å². The Kier molecular flexibility index (Phi) is 4.55. The summed E-state index contributed by atoms with van der Waals surface area (Å²) in [5, 5.41) is 3.34. The molecule has 1 N–H and O–H groups in total. The molecular formula is C15H25N. The van der Waals surface area contributed by atoms with Gasteiger partial charge in [-0.2, -0.15) is 0 Å². The van der Waals surface area contributed by atoms with Crippen molar-refractivity contribution in [3.63, 3.8) is 0 Å². The van der Waals surface area contributed by atoms with E-state index in [0.29, 0.717) is 11.5 Å². The first kappa shape index (κ1) is 13.2. The summed E-state index contributed by atoms with van der Waals surface area (Å²) in [5.41, 5.74) is 3.12. The Bertz CT molecular complexity index is 307. The Morgan fingerprint density at radius 1 is 1.12 bits per heavy atom. The van der Waals surface area contributed by atoms with Gasteiger partial charge in [-0.15, -0.1) is 0 Å². The highest BCUT2D eigenvalue weighted by molar-refractivity contribution is 5.29. The van der Waals surface area contributed by atoms with Gasteiger partial charge in [-0.1, -0.05) is 52.0 Å². The molecule has 1 atom stereocenters. The van der Waals surface area contributed by atoms with Gasteiger partial charge in [0.2, 0.25) is 0 Å². The quantitative estimate of drug-likeness (QED) is 0.788. The van der Waals surface area contributed by atoms with Crippen LogP contribution in [0.25, 0.3) is 0 Å². The molecule has 1 aromatic carbocycles. The van der Waals surface area contributed by atoms with Crippen LogP contribution in [-0.2, 0) is 5.41 Å². The molecule has 1 heteroatoms. The highest BCUT2D eigenvalue weighted by Crippen LogP contribution is 2.28. The molecular weight excluding hydrogens is 194 g/mol. The third-order valence-electron chi connectivity index (χ3n) is 3.74. The van der Waals surface area contributed by atoms with E-state index in [-0.39, 0.29) is 0 Å². The second-order valence-electron chi connectivity index (χ2n) is 5.11. The number of hydrogen-bond donors (Lipinski definition) is 1. The lowest BCUT2D eigenvalue weighted by Gasteiger charge is -2.24. The lowest BCUT2D eigenvalue weighted by atomic mass is 9.82. The number of rotatable bonds is 5. The normalized spacial score (nSPS) is 13.8. The van der Waals surface area contributed by atoms with Crippen molar-refractivity contribution in [2.75, 3.05) is 7.05 Å². The number of benzene rings is 1. The lowest BCUT2D eigenvalue weighted by molar-refractivity contribution is 0.505. The molecule has 0 aliphatic carbocycles. The van der Waals surface area contributed by atoms with Crippen LogP contribution in [0.3, 0.4) is 0 Å². The summed E-state index contributed by atoms with van der Waals surface area (Å²) in [6.45, 7) is 9.07. The highest BCUT2D eigenvalue weighted by Gasteiger charge is 2.18. The fraction of sp³-hybridized carbons (Fsp3) is 0.600. The maximum atomic E-state index is 3.34. The van der Waals surface area contributed by atoms with E-state index in [0.717, 1.165) is 6.42 Å². The van der Waals surface area contributed by atoms with E-state index < -0.39 is 0 Å². The van der Waals surface area contributed by atoms with Crippen LogP contribution in [0.15, 0.2) is 24.3 Å². The summed E-state index contributed by atoms with van der Waals surface area (Å²) < 4.78 is 0. The molecule has 0 aromatic heterocycles. The van der Waals surface area contributed by atoms with Gasteiger partial charge in [0.05, 0.1) is 0 Å². The molecule has 1 aromatic rings. The van der Waals surface area contributed by atoms with Gasteiger partial charge in [0.1, 0.15) is 0 Å². The molecule has 0 fully saturated rings. The Morgan fingerprint density at radius 3 is 2.06 bits per heavy atom. The minimum atomic E-state index is 0.292. The van der Waals surface area contributed by atoms with Crippen molar-refractivity contribution < 1.29 is 0 Å². The summed E-state index contributed by atoms with van der Waals surface area (Å²) in [5.74, 6) is 0. The lowest BCUT2D eigenvalue weighted by Crippen LogP contribution is -2.17. The van der Waals surface area contributed by atoms with E-state index in [1.807, 2.05) is 7.05 Å². The molecule has 0 heterocycles. The molecule has 0 aliphatic heterocycles. The van der Waals surface area contributed by atoms with Crippen LogP contribution < -0.4 is 5.32 Å². The van der Waals surface area contributed by atoms with Gasteiger partial charge >= 0.3 is 0 Å².